The number of nitrogens with zero attached hydrogens (tertiary/aromatic N) is 2. The number of hydrogen-bond acceptors (Lipinski definition) is 6. The van der Waals surface area contributed by atoms with Gasteiger partial charge in [0.15, 0.2) is 0 Å². The fourth-order valence-electron chi connectivity index (χ4n) is 1.05. The van der Waals surface area contributed by atoms with Crippen LogP contribution in [0.15, 0.2) is 4.42 Å². The van der Waals surface area contributed by atoms with Gasteiger partial charge in [-0.05, 0) is 19.7 Å². The first kappa shape index (κ1) is 12.3. The Bertz CT molecular complexity index is 279. The Balaban J connectivity index is 2.25. The molecule has 0 saturated heterocycles. The van der Waals surface area contributed by atoms with Crippen LogP contribution in [0.2, 0.25) is 0 Å². The third-order valence-electron chi connectivity index (χ3n) is 2.02. The Morgan fingerprint density at radius 1 is 1.47 bits per heavy atom. The van der Waals surface area contributed by atoms with Crippen molar-refractivity contribution in [2.75, 3.05) is 25.2 Å². The van der Waals surface area contributed by atoms with E-state index in [-0.39, 0.29) is 0 Å². The van der Waals surface area contributed by atoms with Crippen molar-refractivity contribution < 1.29 is 4.42 Å². The van der Waals surface area contributed by atoms with Crippen LogP contribution in [0.5, 0.6) is 0 Å². The molecule has 0 bridgehead atoms. The minimum Gasteiger partial charge on any atom is -0.407 e. The van der Waals surface area contributed by atoms with Crippen molar-refractivity contribution >= 4 is 17.8 Å². The first-order valence-electron chi connectivity index (χ1n) is 5.00. The second-order valence-corrected chi connectivity index (χ2v) is 4.57. The van der Waals surface area contributed by atoms with Crippen molar-refractivity contribution in [3.8, 4) is 0 Å². The molecule has 0 aliphatic heterocycles. The third kappa shape index (κ3) is 4.53. The molecule has 0 radical (unpaired) electrons. The highest BCUT2D eigenvalue weighted by atomic mass is 32.2. The molecule has 86 valence electrons. The maximum absolute atomic E-state index is 5.34. The molecule has 0 saturated carbocycles. The normalized spacial score (nSPS) is 12.7. The zero-order valence-electron chi connectivity index (χ0n) is 9.41. The summed E-state index contributed by atoms with van der Waals surface area (Å²) in [7, 11) is 1.84. The van der Waals surface area contributed by atoms with E-state index >= 15 is 0 Å². The zero-order chi connectivity index (χ0) is 11.1. The summed E-state index contributed by atoms with van der Waals surface area (Å²) in [6, 6.07) is 0.508. The first-order chi connectivity index (χ1) is 7.26. The molecule has 0 aliphatic carbocycles. The second kappa shape index (κ2) is 6.68. The van der Waals surface area contributed by atoms with Crippen LogP contribution >= 0.6 is 11.8 Å². The predicted molar refractivity (Wildman–Crippen MR) is 63.1 cm³/mol. The van der Waals surface area contributed by atoms with Gasteiger partial charge in [0.2, 0.25) is 5.89 Å². The Labute approximate surface area is 94.4 Å². The van der Waals surface area contributed by atoms with Crippen LogP contribution in [0.3, 0.4) is 0 Å². The summed E-state index contributed by atoms with van der Waals surface area (Å²) in [6.45, 7) is 3.67. The van der Waals surface area contributed by atoms with Crippen LogP contribution in [-0.4, -0.2) is 35.3 Å². The molecule has 0 amide bonds. The Morgan fingerprint density at radius 2 is 2.27 bits per heavy atom. The number of hydrogen-bond donors (Lipinski definition) is 2. The average molecular weight is 230 g/mol. The van der Waals surface area contributed by atoms with Crippen molar-refractivity contribution in [3.63, 3.8) is 0 Å². The fourth-order valence-corrected chi connectivity index (χ4v) is 1.40. The number of thioether (sulfide) groups is 1. The largest absolute Gasteiger partial charge is 0.407 e. The van der Waals surface area contributed by atoms with Gasteiger partial charge in [-0.3, -0.25) is 0 Å². The van der Waals surface area contributed by atoms with E-state index in [1.807, 2.05) is 18.8 Å². The van der Waals surface area contributed by atoms with E-state index in [0.29, 0.717) is 23.7 Å². The Hall–Kier alpha value is -0.750. The molecule has 2 N–H and O–H groups in total. The minimum atomic E-state index is 0.508. The Kier molecular flexibility index (Phi) is 5.49. The van der Waals surface area contributed by atoms with Gasteiger partial charge in [-0.2, -0.15) is 11.8 Å². The van der Waals surface area contributed by atoms with Crippen LogP contribution in [0.25, 0.3) is 0 Å². The molecular weight excluding hydrogens is 212 g/mol. The van der Waals surface area contributed by atoms with Gasteiger partial charge in [-0.15, -0.1) is 5.10 Å². The van der Waals surface area contributed by atoms with E-state index in [9.17, 15) is 0 Å². The molecule has 1 aromatic rings. The maximum Gasteiger partial charge on any atom is 0.315 e. The van der Waals surface area contributed by atoms with Crippen LogP contribution < -0.4 is 10.6 Å². The number of nitrogens with one attached hydrogen (secondary N) is 2. The van der Waals surface area contributed by atoms with E-state index < -0.39 is 0 Å². The second-order valence-electron chi connectivity index (χ2n) is 3.29. The first-order valence-corrected chi connectivity index (χ1v) is 6.28. The van der Waals surface area contributed by atoms with Gasteiger partial charge in [0.05, 0.1) is 6.54 Å². The monoisotopic (exact) mass is 230 g/mol. The molecule has 1 rings (SSSR count). The smallest absolute Gasteiger partial charge is 0.315 e. The van der Waals surface area contributed by atoms with Gasteiger partial charge < -0.3 is 15.1 Å². The molecule has 6 heteroatoms. The summed E-state index contributed by atoms with van der Waals surface area (Å²) in [4.78, 5) is 0. The molecule has 1 aromatic heterocycles. The highest BCUT2D eigenvalue weighted by Crippen LogP contribution is 2.10. The van der Waals surface area contributed by atoms with Gasteiger partial charge in [-0.25, -0.2) is 0 Å². The lowest BCUT2D eigenvalue weighted by molar-refractivity contribution is 0.489. The molecule has 15 heavy (non-hydrogen) atoms. The van der Waals surface area contributed by atoms with Crippen molar-refractivity contribution in [2.45, 2.75) is 25.1 Å². The third-order valence-corrected chi connectivity index (χ3v) is 3.06. The number of rotatable bonds is 7. The fraction of sp³-hybridized carbons (Fsp3) is 0.778. The van der Waals surface area contributed by atoms with E-state index in [1.165, 1.54) is 0 Å². The van der Waals surface area contributed by atoms with Crippen LogP contribution in [0, 0.1) is 0 Å². The predicted octanol–water partition coefficient (Wildman–Crippen LogP) is 1.34. The minimum absolute atomic E-state index is 0.508. The SMILES string of the molecule is CNCc1nnc(NCCC(C)SC)o1. The van der Waals surface area contributed by atoms with Gasteiger partial charge in [0, 0.05) is 11.8 Å². The summed E-state index contributed by atoms with van der Waals surface area (Å²) in [5.74, 6) is 0.609. The van der Waals surface area contributed by atoms with Crippen LogP contribution in [0.4, 0.5) is 6.01 Å². The molecule has 1 atom stereocenters. The summed E-state index contributed by atoms with van der Waals surface area (Å²) < 4.78 is 5.34. The quantitative estimate of drug-likeness (QED) is 0.737. The van der Waals surface area contributed by atoms with E-state index in [1.54, 1.807) is 0 Å². The van der Waals surface area contributed by atoms with E-state index in [0.717, 1.165) is 13.0 Å². The molecule has 5 nitrogen and oxygen atoms in total. The average Bonchev–Trinajstić information content (AvgIpc) is 2.66. The Morgan fingerprint density at radius 3 is 2.93 bits per heavy atom. The van der Waals surface area contributed by atoms with Crippen LogP contribution in [0.1, 0.15) is 19.2 Å². The molecule has 0 aromatic carbocycles. The summed E-state index contributed by atoms with van der Waals surface area (Å²) >= 11 is 1.86. The van der Waals surface area contributed by atoms with Crippen LogP contribution in [-0.2, 0) is 6.54 Å². The highest BCUT2D eigenvalue weighted by molar-refractivity contribution is 7.99. The zero-order valence-corrected chi connectivity index (χ0v) is 10.2. The van der Waals surface area contributed by atoms with Gasteiger partial charge in [0.1, 0.15) is 0 Å². The molecular formula is C9H18N4OS. The van der Waals surface area contributed by atoms with Gasteiger partial charge in [-0.1, -0.05) is 12.0 Å². The lowest BCUT2D eigenvalue weighted by atomic mass is 10.3. The van der Waals surface area contributed by atoms with Crippen molar-refractivity contribution in [1.82, 2.24) is 15.5 Å². The molecule has 0 aliphatic rings. The van der Waals surface area contributed by atoms with Gasteiger partial charge in [0.25, 0.3) is 0 Å². The molecule has 0 spiro atoms. The topological polar surface area (TPSA) is 63.0 Å². The van der Waals surface area contributed by atoms with Crippen molar-refractivity contribution in [2.24, 2.45) is 0 Å². The highest BCUT2D eigenvalue weighted by Gasteiger charge is 2.04. The standard InChI is InChI=1S/C9H18N4OS/c1-7(15-3)4-5-11-9-13-12-8(14-9)6-10-2/h7,10H,4-6H2,1-3H3,(H,11,13). The van der Waals surface area contributed by atoms with E-state index in [4.69, 9.17) is 4.42 Å². The number of anilines is 1. The van der Waals surface area contributed by atoms with Crippen molar-refractivity contribution in [1.29, 1.82) is 0 Å². The molecule has 1 unspecified atom stereocenters. The summed E-state index contributed by atoms with van der Waals surface area (Å²) in [5.41, 5.74) is 0. The lowest BCUT2D eigenvalue weighted by Gasteiger charge is -2.06. The molecule has 1 heterocycles. The maximum atomic E-state index is 5.34. The summed E-state index contributed by atoms with van der Waals surface area (Å²) in [5, 5.41) is 14.5. The lowest BCUT2D eigenvalue weighted by Crippen LogP contribution is -2.07. The van der Waals surface area contributed by atoms with E-state index in [2.05, 4.69) is 34.0 Å². The van der Waals surface area contributed by atoms with Gasteiger partial charge >= 0.3 is 6.01 Å². The van der Waals surface area contributed by atoms with Crippen molar-refractivity contribution in [3.05, 3.63) is 5.89 Å². The number of aromatic nitrogens is 2. The summed E-state index contributed by atoms with van der Waals surface area (Å²) in [6.07, 6.45) is 3.20. The molecule has 0 fully saturated rings.